The lowest BCUT2D eigenvalue weighted by Crippen LogP contribution is -2.22. The summed E-state index contributed by atoms with van der Waals surface area (Å²) in [6, 6.07) is 19.2. The van der Waals surface area contributed by atoms with E-state index in [0.29, 0.717) is 12.1 Å². The first kappa shape index (κ1) is 18.5. The number of aromatic hydroxyl groups is 1. The highest BCUT2D eigenvalue weighted by molar-refractivity contribution is 7.10. The fraction of sp³-hybridized carbons (Fsp3) is 0.174. The Morgan fingerprint density at radius 2 is 1.93 bits per heavy atom. The van der Waals surface area contributed by atoms with Crippen LogP contribution in [0.3, 0.4) is 0 Å². The number of fused-ring (bicyclic) bond motifs is 1. The maximum absolute atomic E-state index is 12.0. The Balaban J connectivity index is 1.67. The lowest BCUT2D eigenvalue weighted by atomic mass is 10.0. The van der Waals surface area contributed by atoms with E-state index in [4.69, 9.17) is 4.42 Å². The van der Waals surface area contributed by atoms with Crippen molar-refractivity contribution in [3.8, 4) is 5.75 Å². The molecule has 0 radical (unpaired) electrons. The first-order chi connectivity index (χ1) is 13.6. The normalized spacial score (nSPS) is 12.3. The maximum Gasteiger partial charge on any atom is 0.336 e. The average Bonchev–Trinajstić information content (AvgIpc) is 3.22. The smallest absolute Gasteiger partial charge is 0.336 e. The van der Waals surface area contributed by atoms with Crippen LogP contribution in [0.1, 0.15) is 34.5 Å². The molecule has 0 aliphatic carbocycles. The topological polar surface area (TPSA) is 62.5 Å². The highest BCUT2D eigenvalue weighted by Gasteiger charge is 2.16. The number of hydrogen-bond acceptors (Lipinski definition) is 5. The molecule has 0 spiro atoms. The molecule has 0 saturated carbocycles. The molecule has 2 heterocycles. The number of benzene rings is 2. The Morgan fingerprint density at radius 3 is 2.64 bits per heavy atom. The standard InChI is InChI=1S/C23H21NO3S/c1-2-15-5-7-16(8-6-15)23(21-4-3-11-28-21)24-14-17-12-22(26)27-20-13-18(25)9-10-19(17)20/h3-13,23-25H,2,14H2,1H3/t23-/m0/s1. The van der Waals surface area contributed by atoms with Crippen molar-refractivity contribution in [2.24, 2.45) is 0 Å². The zero-order chi connectivity index (χ0) is 19.5. The van der Waals surface area contributed by atoms with Crippen LogP contribution in [0.25, 0.3) is 11.0 Å². The third-order valence-electron chi connectivity index (χ3n) is 4.86. The zero-order valence-electron chi connectivity index (χ0n) is 15.5. The molecule has 0 aliphatic heterocycles. The van der Waals surface area contributed by atoms with Crippen LogP contribution in [0.4, 0.5) is 0 Å². The van der Waals surface area contributed by atoms with E-state index in [-0.39, 0.29) is 11.8 Å². The van der Waals surface area contributed by atoms with Gasteiger partial charge in [-0.15, -0.1) is 11.3 Å². The Labute approximate surface area is 167 Å². The molecule has 1 atom stereocenters. The van der Waals surface area contributed by atoms with Gasteiger partial charge in [0, 0.05) is 28.9 Å². The van der Waals surface area contributed by atoms with Gasteiger partial charge >= 0.3 is 5.63 Å². The SMILES string of the molecule is CCc1ccc([C@H](NCc2cc(=O)oc3cc(O)ccc23)c2cccs2)cc1. The molecule has 0 bridgehead atoms. The van der Waals surface area contributed by atoms with Crippen LogP contribution in [0.5, 0.6) is 5.75 Å². The summed E-state index contributed by atoms with van der Waals surface area (Å²) < 4.78 is 5.23. The summed E-state index contributed by atoms with van der Waals surface area (Å²) in [5.74, 6) is 0.0771. The third-order valence-corrected chi connectivity index (χ3v) is 5.80. The van der Waals surface area contributed by atoms with Gasteiger partial charge in [0.15, 0.2) is 0 Å². The average molecular weight is 391 g/mol. The minimum absolute atomic E-state index is 0.0327. The first-order valence-electron chi connectivity index (χ1n) is 9.25. The zero-order valence-corrected chi connectivity index (χ0v) is 16.3. The van der Waals surface area contributed by atoms with Gasteiger partial charge in [0.25, 0.3) is 0 Å². The number of rotatable bonds is 6. The van der Waals surface area contributed by atoms with E-state index >= 15 is 0 Å². The third kappa shape index (κ3) is 3.86. The van der Waals surface area contributed by atoms with E-state index < -0.39 is 5.63 Å². The Kier molecular flexibility index (Phi) is 5.28. The van der Waals surface area contributed by atoms with Gasteiger partial charge in [0.05, 0.1) is 6.04 Å². The summed E-state index contributed by atoms with van der Waals surface area (Å²) in [5, 5.41) is 16.1. The minimum atomic E-state index is -0.421. The van der Waals surface area contributed by atoms with Crippen molar-refractivity contribution in [3.05, 3.63) is 98.0 Å². The predicted octanol–water partition coefficient (Wildman–Crippen LogP) is 5.00. The van der Waals surface area contributed by atoms with Crippen LogP contribution in [-0.2, 0) is 13.0 Å². The molecular formula is C23H21NO3S. The van der Waals surface area contributed by atoms with E-state index in [9.17, 15) is 9.90 Å². The second kappa shape index (κ2) is 8.00. The molecule has 4 rings (SSSR count). The molecule has 4 aromatic rings. The van der Waals surface area contributed by atoms with Gasteiger partial charge < -0.3 is 14.8 Å². The summed E-state index contributed by atoms with van der Waals surface area (Å²) in [7, 11) is 0. The number of nitrogens with one attached hydrogen (secondary N) is 1. The molecule has 0 aliphatic rings. The van der Waals surface area contributed by atoms with Gasteiger partial charge in [-0.05, 0) is 46.7 Å². The van der Waals surface area contributed by atoms with E-state index in [1.54, 1.807) is 23.5 Å². The largest absolute Gasteiger partial charge is 0.508 e. The van der Waals surface area contributed by atoms with Crippen LogP contribution in [0.15, 0.2) is 75.3 Å². The van der Waals surface area contributed by atoms with Gasteiger partial charge in [-0.2, -0.15) is 0 Å². The fourth-order valence-electron chi connectivity index (χ4n) is 3.36. The van der Waals surface area contributed by atoms with E-state index in [2.05, 4.69) is 48.0 Å². The molecule has 4 nitrogen and oxygen atoms in total. The lowest BCUT2D eigenvalue weighted by Gasteiger charge is -2.19. The second-order valence-corrected chi connectivity index (χ2v) is 7.67. The summed E-state index contributed by atoms with van der Waals surface area (Å²) in [6.45, 7) is 2.65. The van der Waals surface area contributed by atoms with Crippen molar-refractivity contribution in [2.45, 2.75) is 25.9 Å². The molecule has 0 fully saturated rings. The van der Waals surface area contributed by atoms with Crippen LogP contribution in [0.2, 0.25) is 0 Å². The number of phenols is 1. The maximum atomic E-state index is 12.0. The summed E-state index contributed by atoms with van der Waals surface area (Å²) >= 11 is 1.70. The molecule has 2 N–H and O–H groups in total. The second-order valence-electron chi connectivity index (χ2n) is 6.70. The Morgan fingerprint density at radius 1 is 1.11 bits per heavy atom. The van der Waals surface area contributed by atoms with Crippen LogP contribution in [0, 0.1) is 0 Å². The van der Waals surface area contributed by atoms with Gasteiger partial charge in [-0.3, -0.25) is 0 Å². The summed E-state index contributed by atoms with van der Waals surface area (Å²) in [4.78, 5) is 13.2. The fourth-order valence-corrected chi connectivity index (χ4v) is 4.19. The number of aryl methyl sites for hydroxylation is 1. The molecule has 2 aromatic heterocycles. The Bertz CT molecular complexity index is 1130. The number of phenolic OH excluding ortho intramolecular Hbond substituents is 1. The molecular weight excluding hydrogens is 370 g/mol. The van der Waals surface area contributed by atoms with Crippen molar-refractivity contribution >= 4 is 22.3 Å². The molecule has 0 amide bonds. The summed E-state index contributed by atoms with van der Waals surface area (Å²) in [6.07, 6.45) is 1.01. The van der Waals surface area contributed by atoms with Gasteiger partial charge in [0.1, 0.15) is 11.3 Å². The molecule has 142 valence electrons. The quantitative estimate of drug-likeness (QED) is 0.454. The molecule has 2 aromatic carbocycles. The van der Waals surface area contributed by atoms with E-state index in [1.165, 1.54) is 28.1 Å². The van der Waals surface area contributed by atoms with Crippen molar-refractivity contribution < 1.29 is 9.52 Å². The van der Waals surface area contributed by atoms with Gasteiger partial charge in [-0.25, -0.2) is 4.79 Å². The van der Waals surface area contributed by atoms with Crippen LogP contribution in [-0.4, -0.2) is 5.11 Å². The van der Waals surface area contributed by atoms with Crippen molar-refractivity contribution in [1.29, 1.82) is 0 Å². The predicted molar refractivity (Wildman–Crippen MR) is 113 cm³/mol. The molecule has 28 heavy (non-hydrogen) atoms. The van der Waals surface area contributed by atoms with E-state index in [1.807, 2.05) is 6.07 Å². The molecule has 5 heteroatoms. The number of thiophene rings is 1. The minimum Gasteiger partial charge on any atom is -0.508 e. The lowest BCUT2D eigenvalue weighted by molar-refractivity contribution is 0.473. The van der Waals surface area contributed by atoms with Crippen LogP contribution >= 0.6 is 11.3 Å². The first-order valence-corrected chi connectivity index (χ1v) is 10.1. The van der Waals surface area contributed by atoms with Crippen LogP contribution < -0.4 is 10.9 Å². The van der Waals surface area contributed by atoms with Crippen molar-refractivity contribution in [3.63, 3.8) is 0 Å². The number of hydrogen-bond donors (Lipinski definition) is 2. The van der Waals surface area contributed by atoms with Crippen molar-refractivity contribution in [2.75, 3.05) is 0 Å². The highest BCUT2D eigenvalue weighted by atomic mass is 32.1. The Hall–Kier alpha value is -2.89. The van der Waals surface area contributed by atoms with Gasteiger partial charge in [-0.1, -0.05) is 37.3 Å². The van der Waals surface area contributed by atoms with Crippen molar-refractivity contribution in [1.82, 2.24) is 5.32 Å². The summed E-state index contributed by atoms with van der Waals surface area (Å²) in [5.41, 5.74) is 3.31. The van der Waals surface area contributed by atoms with Gasteiger partial charge in [0.2, 0.25) is 0 Å². The molecule has 0 saturated heterocycles. The molecule has 0 unspecified atom stereocenters. The highest BCUT2D eigenvalue weighted by Crippen LogP contribution is 2.28. The van der Waals surface area contributed by atoms with E-state index in [0.717, 1.165) is 17.4 Å². The monoisotopic (exact) mass is 391 g/mol.